The van der Waals surface area contributed by atoms with E-state index in [1.165, 1.54) is 6.20 Å². The zero-order valence-corrected chi connectivity index (χ0v) is 10.4. The number of nitrogens with two attached hydrogens (primary N) is 1. The van der Waals surface area contributed by atoms with Crippen molar-refractivity contribution >= 4 is 11.7 Å². The van der Waals surface area contributed by atoms with Crippen LogP contribution in [-0.4, -0.2) is 30.3 Å². The predicted octanol–water partition coefficient (Wildman–Crippen LogP) is 1.55. The molecule has 1 unspecified atom stereocenters. The monoisotopic (exact) mass is 238 g/mol. The van der Waals surface area contributed by atoms with Crippen LogP contribution in [0, 0.1) is 6.92 Å². The summed E-state index contributed by atoms with van der Waals surface area (Å²) in [4.78, 5) is 15.8. The Morgan fingerprint density at radius 3 is 2.94 bits per heavy atom. The molecular weight excluding hydrogens is 220 g/mol. The number of hydrogen-bond acceptors (Lipinski definition) is 5. The maximum atomic E-state index is 11.8. The lowest BCUT2D eigenvalue weighted by Crippen LogP contribution is -2.21. The highest BCUT2D eigenvalue weighted by atomic mass is 16.6. The van der Waals surface area contributed by atoms with Gasteiger partial charge < -0.3 is 15.2 Å². The fraction of sp³-hybridized carbons (Fsp3) is 0.500. The molecule has 5 heteroatoms. The van der Waals surface area contributed by atoms with Crippen molar-refractivity contribution in [2.45, 2.75) is 26.9 Å². The highest BCUT2D eigenvalue weighted by Crippen LogP contribution is 2.12. The van der Waals surface area contributed by atoms with Crippen LogP contribution in [0.25, 0.3) is 0 Å². The number of carbonyl (C=O) groups excluding carboxylic acids is 1. The first-order valence-corrected chi connectivity index (χ1v) is 5.55. The molecule has 5 nitrogen and oxygen atoms in total. The van der Waals surface area contributed by atoms with Crippen LogP contribution in [0.1, 0.15) is 29.9 Å². The van der Waals surface area contributed by atoms with Gasteiger partial charge in [0.1, 0.15) is 6.10 Å². The topological polar surface area (TPSA) is 74.4 Å². The van der Waals surface area contributed by atoms with Gasteiger partial charge in [-0.1, -0.05) is 0 Å². The molecule has 1 rings (SSSR count). The number of hydrogen-bond donors (Lipinski definition) is 1. The molecule has 0 saturated heterocycles. The minimum Gasteiger partial charge on any atom is -0.457 e. The summed E-state index contributed by atoms with van der Waals surface area (Å²) in [7, 11) is 0. The van der Waals surface area contributed by atoms with Gasteiger partial charge in [0.2, 0.25) is 0 Å². The molecule has 0 bridgehead atoms. The third kappa shape index (κ3) is 4.03. The van der Waals surface area contributed by atoms with Crippen LogP contribution < -0.4 is 5.73 Å². The number of aryl methyl sites for hydroxylation is 1. The molecule has 0 aliphatic heterocycles. The predicted molar refractivity (Wildman–Crippen MR) is 64.8 cm³/mol. The summed E-state index contributed by atoms with van der Waals surface area (Å²) < 4.78 is 10.4. The average molecular weight is 238 g/mol. The number of rotatable bonds is 5. The molecule has 0 aliphatic carbocycles. The minimum absolute atomic E-state index is 0.289. The number of nitrogens with zero attached hydrogens (tertiary/aromatic N) is 1. The molecule has 0 aliphatic rings. The molecule has 2 N–H and O–H groups in total. The second-order valence-corrected chi connectivity index (χ2v) is 3.78. The summed E-state index contributed by atoms with van der Waals surface area (Å²) in [6.07, 6.45) is 1.22. The van der Waals surface area contributed by atoms with Gasteiger partial charge in [-0.3, -0.25) is 4.98 Å². The SMILES string of the molecule is CCOCC(C)OC(=O)c1cc(N)cnc1C. The van der Waals surface area contributed by atoms with Gasteiger partial charge in [-0.25, -0.2) is 4.79 Å². The summed E-state index contributed by atoms with van der Waals surface area (Å²) in [5, 5.41) is 0. The number of carbonyl (C=O) groups is 1. The van der Waals surface area contributed by atoms with E-state index in [0.29, 0.717) is 30.2 Å². The van der Waals surface area contributed by atoms with Gasteiger partial charge in [0.05, 0.1) is 29.7 Å². The van der Waals surface area contributed by atoms with Crippen molar-refractivity contribution in [1.29, 1.82) is 0 Å². The van der Waals surface area contributed by atoms with Crippen LogP contribution in [-0.2, 0) is 9.47 Å². The molecule has 94 valence electrons. The van der Waals surface area contributed by atoms with Gasteiger partial charge in [-0.2, -0.15) is 0 Å². The number of esters is 1. The fourth-order valence-corrected chi connectivity index (χ4v) is 1.32. The Labute approximate surface area is 101 Å². The Morgan fingerprint density at radius 2 is 2.29 bits per heavy atom. The van der Waals surface area contributed by atoms with E-state index in [4.69, 9.17) is 15.2 Å². The number of anilines is 1. The summed E-state index contributed by atoms with van der Waals surface area (Å²) in [6, 6.07) is 1.57. The average Bonchev–Trinajstić information content (AvgIpc) is 2.29. The quantitative estimate of drug-likeness (QED) is 0.788. The molecule has 1 heterocycles. The van der Waals surface area contributed by atoms with Gasteiger partial charge >= 0.3 is 5.97 Å². The van der Waals surface area contributed by atoms with E-state index < -0.39 is 5.97 Å². The second kappa shape index (κ2) is 6.20. The Balaban J connectivity index is 2.66. The van der Waals surface area contributed by atoms with Crippen LogP contribution in [0.3, 0.4) is 0 Å². The molecule has 17 heavy (non-hydrogen) atoms. The maximum absolute atomic E-state index is 11.8. The second-order valence-electron chi connectivity index (χ2n) is 3.78. The van der Waals surface area contributed by atoms with Crippen molar-refractivity contribution in [1.82, 2.24) is 4.98 Å². The largest absolute Gasteiger partial charge is 0.457 e. The highest BCUT2D eigenvalue weighted by Gasteiger charge is 2.15. The van der Waals surface area contributed by atoms with E-state index >= 15 is 0 Å². The first-order valence-electron chi connectivity index (χ1n) is 5.55. The molecule has 0 radical (unpaired) electrons. The van der Waals surface area contributed by atoms with Crippen LogP contribution in [0.2, 0.25) is 0 Å². The van der Waals surface area contributed by atoms with Crippen molar-refractivity contribution in [3.8, 4) is 0 Å². The van der Waals surface area contributed by atoms with Crippen LogP contribution in [0.15, 0.2) is 12.3 Å². The number of aromatic nitrogens is 1. The molecular formula is C12H18N2O3. The van der Waals surface area contributed by atoms with E-state index in [1.807, 2.05) is 6.92 Å². The molecule has 0 saturated carbocycles. The summed E-state index contributed by atoms with van der Waals surface area (Å²) in [5.41, 5.74) is 7.03. The lowest BCUT2D eigenvalue weighted by molar-refractivity contribution is 0.00429. The van der Waals surface area contributed by atoms with Crippen LogP contribution in [0.5, 0.6) is 0 Å². The summed E-state index contributed by atoms with van der Waals surface area (Å²) in [6.45, 7) is 6.39. The van der Waals surface area contributed by atoms with Gasteiger partial charge in [-0.15, -0.1) is 0 Å². The van der Waals surface area contributed by atoms with E-state index in [-0.39, 0.29) is 6.10 Å². The summed E-state index contributed by atoms with van der Waals surface area (Å²) >= 11 is 0. The zero-order valence-electron chi connectivity index (χ0n) is 10.4. The number of ether oxygens (including phenoxy) is 2. The van der Waals surface area contributed by atoms with Gasteiger partial charge in [0.15, 0.2) is 0 Å². The number of nitrogen functional groups attached to an aromatic ring is 1. The van der Waals surface area contributed by atoms with Crippen molar-refractivity contribution in [3.05, 3.63) is 23.5 Å². The minimum atomic E-state index is -0.422. The normalized spacial score (nSPS) is 12.2. The highest BCUT2D eigenvalue weighted by molar-refractivity contribution is 5.91. The van der Waals surface area contributed by atoms with E-state index in [2.05, 4.69) is 4.98 Å². The molecule has 0 amide bonds. The first-order chi connectivity index (χ1) is 8.04. The Bertz CT molecular complexity index is 393. The third-order valence-electron chi connectivity index (χ3n) is 2.19. The lowest BCUT2D eigenvalue weighted by Gasteiger charge is -2.13. The zero-order chi connectivity index (χ0) is 12.8. The molecule has 0 aromatic carbocycles. The van der Waals surface area contributed by atoms with Crippen LogP contribution >= 0.6 is 0 Å². The molecule has 1 aromatic rings. The smallest absolute Gasteiger partial charge is 0.340 e. The molecule has 0 spiro atoms. The molecule has 1 atom stereocenters. The van der Waals surface area contributed by atoms with E-state index in [1.54, 1.807) is 19.9 Å². The van der Waals surface area contributed by atoms with Gasteiger partial charge in [0.25, 0.3) is 0 Å². The van der Waals surface area contributed by atoms with E-state index in [9.17, 15) is 4.79 Å². The Morgan fingerprint density at radius 1 is 1.59 bits per heavy atom. The Kier molecular flexibility index (Phi) is 4.90. The maximum Gasteiger partial charge on any atom is 0.340 e. The van der Waals surface area contributed by atoms with Crippen molar-refractivity contribution in [3.63, 3.8) is 0 Å². The van der Waals surface area contributed by atoms with Crippen molar-refractivity contribution in [2.75, 3.05) is 18.9 Å². The summed E-state index contributed by atoms with van der Waals surface area (Å²) in [5.74, 6) is -0.422. The first kappa shape index (κ1) is 13.4. The number of pyridine rings is 1. The Hall–Kier alpha value is -1.62. The van der Waals surface area contributed by atoms with Crippen molar-refractivity contribution < 1.29 is 14.3 Å². The van der Waals surface area contributed by atoms with Crippen LogP contribution in [0.4, 0.5) is 5.69 Å². The van der Waals surface area contributed by atoms with Gasteiger partial charge in [0, 0.05) is 6.61 Å². The molecule has 1 aromatic heterocycles. The molecule has 0 fully saturated rings. The van der Waals surface area contributed by atoms with Gasteiger partial charge in [-0.05, 0) is 26.8 Å². The standard InChI is InChI=1S/C12H18N2O3/c1-4-16-7-8(2)17-12(15)11-5-10(13)6-14-9(11)3/h5-6,8H,4,7,13H2,1-3H3. The fourth-order valence-electron chi connectivity index (χ4n) is 1.32. The van der Waals surface area contributed by atoms with E-state index in [0.717, 1.165) is 0 Å². The van der Waals surface area contributed by atoms with Crippen molar-refractivity contribution in [2.24, 2.45) is 0 Å². The lowest BCUT2D eigenvalue weighted by atomic mass is 10.2. The third-order valence-corrected chi connectivity index (χ3v) is 2.19.